The van der Waals surface area contributed by atoms with Crippen LogP contribution in [0.3, 0.4) is 0 Å². The molecule has 1 N–H and O–H groups in total. The Labute approximate surface area is 106 Å². The Hall–Kier alpha value is -0.290. The van der Waals surface area contributed by atoms with Crippen LogP contribution in [0.2, 0.25) is 5.02 Å². The number of benzene rings is 1. The first kappa shape index (κ1) is 13.8. The predicted octanol–water partition coefficient (Wildman–Crippen LogP) is 2.39. The normalized spacial score (nSPS) is 11.6. The minimum absolute atomic E-state index is 0.0596. The van der Waals surface area contributed by atoms with E-state index in [-0.39, 0.29) is 12.3 Å². The number of nitrogens with one attached hydrogen (secondary N) is 1. The third-order valence-electron chi connectivity index (χ3n) is 1.96. The number of rotatable bonds is 6. The van der Waals surface area contributed by atoms with Crippen LogP contribution in [-0.2, 0) is 16.6 Å². The van der Waals surface area contributed by atoms with E-state index in [2.05, 4.69) is 4.72 Å². The Balaban J connectivity index is 2.48. The average molecular weight is 282 g/mol. The molecule has 6 heteroatoms. The second-order valence-corrected chi connectivity index (χ2v) is 6.05. The Morgan fingerprint density at radius 2 is 1.81 bits per heavy atom. The van der Waals surface area contributed by atoms with E-state index in [4.69, 9.17) is 23.2 Å². The van der Waals surface area contributed by atoms with Gasteiger partial charge in [0, 0.05) is 17.4 Å². The van der Waals surface area contributed by atoms with Crippen molar-refractivity contribution < 1.29 is 8.42 Å². The van der Waals surface area contributed by atoms with Crippen LogP contribution < -0.4 is 4.72 Å². The van der Waals surface area contributed by atoms with Crippen LogP contribution in [0.25, 0.3) is 0 Å². The molecule has 0 unspecified atom stereocenters. The zero-order valence-electron chi connectivity index (χ0n) is 8.62. The molecule has 0 aliphatic carbocycles. The van der Waals surface area contributed by atoms with Gasteiger partial charge >= 0.3 is 0 Å². The molecular weight excluding hydrogens is 269 g/mol. The van der Waals surface area contributed by atoms with E-state index < -0.39 is 10.0 Å². The van der Waals surface area contributed by atoms with Crippen molar-refractivity contribution in [2.24, 2.45) is 0 Å². The van der Waals surface area contributed by atoms with Gasteiger partial charge in [0.25, 0.3) is 0 Å². The lowest BCUT2D eigenvalue weighted by Crippen LogP contribution is -2.26. The fourth-order valence-electron chi connectivity index (χ4n) is 1.11. The van der Waals surface area contributed by atoms with E-state index in [0.29, 0.717) is 17.3 Å². The SMILES string of the molecule is O=S(=O)(CCCCl)NCc1ccc(Cl)cc1. The zero-order valence-corrected chi connectivity index (χ0v) is 10.9. The first-order valence-electron chi connectivity index (χ1n) is 4.81. The minimum Gasteiger partial charge on any atom is -0.212 e. The lowest BCUT2D eigenvalue weighted by atomic mass is 10.2. The summed E-state index contributed by atoms with van der Waals surface area (Å²) in [5.74, 6) is 0.409. The molecule has 0 aliphatic heterocycles. The van der Waals surface area contributed by atoms with Crippen molar-refractivity contribution in [2.75, 3.05) is 11.6 Å². The van der Waals surface area contributed by atoms with Crippen LogP contribution in [0.15, 0.2) is 24.3 Å². The predicted molar refractivity (Wildman–Crippen MR) is 67.4 cm³/mol. The molecule has 90 valence electrons. The van der Waals surface area contributed by atoms with Crippen LogP contribution >= 0.6 is 23.2 Å². The van der Waals surface area contributed by atoms with E-state index in [9.17, 15) is 8.42 Å². The molecule has 0 radical (unpaired) electrons. The van der Waals surface area contributed by atoms with Crippen LogP contribution in [-0.4, -0.2) is 20.1 Å². The van der Waals surface area contributed by atoms with Crippen molar-refractivity contribution >= 4 is 33.2 Å². The topological polar surface area (TPSA) is 46.2 Å². The molecule has 0 bridgehead atoms. The number of hydrogen-bond donors (Lipinski definition) is 1. The van der Waals surface area contributed by atoms with Crippen molar-refractivity contribution in [3.63, 3.8) is 0 Å². The molecular formula is C10H13Cl2NO2S. The van der Waals surface area contributed by atoms with Crippen molar-refractivity contribution in [2.45, 2.75) is 13.0 Å². The van der Waals surface area contributed by atoms with Crippen LogP contribution in [0, 0.1) is 0 Å². The number of hydrogen-bond acceptors (Lipinski definition) is 2. The number of sulfonamides is 1. The van der Waals surface area contributed by atoms with Gasteiger partial charge in [-0.2, -0.15) is 0 Å². The molecule has 0 amide bonds. The van der Waals surface area contributed by atoms with Crippen molar-refractivity contribution in [3.8, 4) is 0 Å². The van der Waals surface area contributed by atoms with Gasteiger partial charge in [0.1, 0.15) is 0 Å². The van der Waals surface area contributed by atoms with E-state index in [1.165, 1.54) is 0 Å². The highest BCUT2D eigenvalue weighted by molar-refractivity contribution is 7.89. The first-order valence-corrected chi connectivity index (χ1v) is 7.38. The summed E-state index contributed by atoms with van der Waals surface area (Å²) in [6, 6.07) is 7.02. The summed E-state index contributed by atoms with van der Waals surface area (Å²) >= 11 is 11.2. The Kier molecular flexibility index (Phi) is 5.55. The quantitative estimate of drug-likeness (QED) is 0.814. The molecule has 0 aliphatic rings. The van der Waals surface area contributed by atoms with E-state index >= 15 is 0 Å². The highest BCUT2D eigenvalue weighted by Crippen LogP contribution is 2.09. The largest absolute Gasteiger partial charge is 0.212 e. The summed E-state index contributed by atoms with van der Waals surface area (Å²) in [4.78, 5) is 0. The van der Waals surface area contributed by atoms with Crippen LogP contribution in [0.4, 0.5) is 0 Å². The summed E-state index contributed by atoms with van der Waals surface area (Å²) in [7, 11) is -3.22. The maximum atomic E-state index is 11.4. The lowest BCUT2D eigenvalue weighted by molar-refractivity contribution is 0.580. The molecule has 0 spiro atoms. The molecule has 0 saturated carbocycles. The molecule has 1 aromatic rings. The van der Waals surface area contributed by atoms with E-state index in [1.807, 2.05) is 0 Å². The van der Waals surface area contributed by atoms with Gasteiger partial charge < -0.3 is 0 Å². The lowest BCUT2D eigenvalue weighted by Gasteiger charge is -2.05. The molecule has 16 heavy (non-hydrogen) atoms. The molecule has 3 nitrogen and oxygen atoms in total. The highest BCUT2D eigenvalue weighted by Gasteiger charge is 2.08. The molecule has 1 rings (SSSR count). The smallest absolute Gasteiger partial charge is 0.211 e. The number of halogens is 2. The van der Waals surface area contributed by atoms with Gasteiger partial charge in [-0.25, -0.2) is 13.1 Å². The van der Waals surface area contributed by atoms with Crippen LogP contribution in [0.1, 0.15) is 12.0 Å². The van der Waals surface area contributed by atoms with Crippen molar-refractivity contribution in [1.29, 1.82) is 0 Å². The van der Waals surface area contributed by atoms with Crippen molar-refractivity contribution in [3.05, 3.63) is 34.9 Å². The molecule has 1 aromatic carbocycles. The highest BCUT2D eigenvalue weighted by atomic mass is 35.5. The van der Waals surface area contributed by atoms with Gasteiger partial charge in [-0.15, -0.1) is 11.6 Å². The second-order valence-electron chi connectivity index (χ2n) is 3.31. The van der Waals surface area contributed by atoms with Gasteiger partial charge in [0.05, 0.1) is 5.75 Å². The first-order chi connectivity index (χ1) is 7.53. The Morgan fingerprint density at radius 1 is 1.19 bits per heavy atom. The average Bonchev–Trinajstić information content (AvgIpc) is 2.26. The summed E-state index contributed by atoms with van der Waals surface area (Å²) in [6.45, 7) is 0.280. The fourth-order valence-corrected chi connectivity index (χ4v) is 2.59. The molecule has 0 atom stereocenters. The monoisotopic (exact) mass is 281 g/mol. The summed E-state index contributed by atoms with van der Waals surface area (Å²) < 4.78 is 25.4. The minimum atomic E-state index is -3.22. The van der Waals surface area contributed by atoms with Crippen LogP contribution in [0.5, 0.6) is 0 Å². The standard InChI is InChI=1S/C10H13Cl2NO2S/c11-6-1-7-16(14,15)13-8-9-2-4-10(12)5-3-9/h2-5,13H,1,6-8H2. The van der Waals surface area contributed by atoms with Gasteiger partial charge in [-0.05, 0) is 24.1 Å². The third-order valence-corrected chi connectivity index (χ3v) is 3.89. The summed E-state index contributed by atoms with van der Waals surface area (Å²) in [5, 5.41) is 0.633. The molecule has 0 aromatic heterocycles. The molecule has 0 saturated heterocycles. The van der Waals surface area contributed by atoms with Gasteiger partial charge in [0.2, 0.25) is 10.0 Å². The molecule has 0 fully saturated rings. The zero-order chi connectivity index (χ0) is 12.0. The number of alkyl halides is 1. The van der Waals surface area contributed by atoms with Gasteiger partial charge in [-0.1, -0.05) is 23.7 Å². The maximum absolute atomic E-state index is 11.4. The van der Waals surface area contributed by atoms with Crippen molar-refractivity contribution in [1.82, 2.24) is 4.72 Å². The van der Waals surface area contributed by atoms with Gasteiger partial charge in [-0.3, -0.25) is 0 Å². The van der Waals surface area contributed by atoms with E-state index in [0.717, 1.165) is 5.56 Å². The van der Waals surface area contributed by atoms with E-state index in [1.54, 1.807) is 24.3 Å². The molecule has 0 heterocycles. The fraction of sp³-hybridized carbons (Fsp3) is 0.400. The Morgan fingerprint density at radius 3 is 2.38 bits per heavy atom. The second kappa shape index (κ2) is 6.45. The third kappa shape index (κ3) is 5.16. The van der Waals surface area contributed by atoms with Gasteiger partial charge in [0.15, 0.2) is 0 Å². The maximum Gasteiger partial charge on any atom is 0.211 e. The summed E-state index contributed by atoms with van der Waals surface area (Å²) in [6.07, 6.45) is 0.456. The summed E-state index contributed by atoms with van der Waals surface area (Å²) in [5.41, 5.74) is 0.874. The Bertz CT molecular complexity index is 417.